The first kappa shape index (κ1) is 10.6. The van der Waals surface area contributed by atoms with Crippen LogP contribution in [0.4, 0.5) is 5.69 Å². The number of nitrogens with zero attached hydrogens (tertiary/aromatic N) is 1. The highest BCUT2D eigenvalue weighted by molar-refractivity contribution is 5.92. The van der Waals surface area contributed by atoms with Crippen LogP contribution in [0.3, 0.4) is 0 Å². The van der Waals surface area contributed by atoms with Crippen molar-refractivity contribution in [3.63, 3.8) is 0 Å². The minimum atomic E-state index is 0.973. The molecule has 1 aliphatic rings. The van der Waals surface area contributed by atoms with Crippen LogP contribution in [0, 0.1) is 0 Å². The molecular weight excluding hydrogens is 208 g/mol. The molecule has 17 heavy (non-hydrogen) atoms. The van der Waals surface area contributed by atoms with E-state index in [-0.39, 0.29) is 0 Å². The number of pyridine rings is 1. The summed E-state index contributed by atoms with van der Waals surface area (Å²) in [5.74, 6) is 0. The maximum Gasteiger partial charge on any atom is 0.0726 e. The third kappa shape index (κ3) is 1.68. The quantitative estimate of drug-likeness (QED) is 0.853. The fraction of sp³-hybridized carbons (Fsp3) is 0.400. The van der Waals surface area contributed by atoms with Crippen LogP contribution in [-0.2, 0) is 19.3 Å². The van der Waals surface area contributed by atoms with Crippen molar-refractivity contribution in [1.29, 1.82) is 0 Å². The second-order valence-electron chi connectivity index (χ2n) is 4.91. The van der Waals surface area contributed by atoms with Crippen molar-refractivity contribution >= 4 is 16.6 Å². The van der Waals surface area contributed by atoms with Crippen LogP contribution in [0.1, 0.15) is 36.6 Å². The van der Waals surface area contributed by atoms with E-state index in [0.717, 1.165) is 35.9 Å². The van der Waals surface area contributed by atoms with E-state index in [9.17, 15) is 0 Å². The van der Waals surface area contributed by atoms with Gasteiger partial charge in [-0.15, -0.1) is 0 Å². The van der Waals surface area contributed by atoms with Gasteiger partial charge in [-0.1, -0.05) is 19.4 Å². The normalized spacial score (nSPS) is 14.2. The molecule has 0 spiro atoms. The summed E-state index contributed by atoms with van der Waals surface area (Å²) in [6, 6.07) is 6.52. The molecular formula is C15H18N2. The van der Waals surface area contributed by atoms with Gasteiger partial charge in [-0.05, 0) is 48.9 Å². The molecule has 0 radical (unpaired) electrons. The molecule has 0 saturated carbocycles. The summed E-state index contributed by atoms with van der Waals surface area (Å²) in [6.45, 7) is 2.20. The summed E-state index contributed by atoms with van der Waals surface area (Å²) >= 11 is 0. The average Bonchev–Trinajstić information content (AvgIpc) is 2.79. The van der Waals surface area contributed by atoms with E-state index in [4.69, 9.17) is 10.7 Å². The summed E-state index contributed by atoms with van der Waals surface area (Å²) in [5, 5.41) is 1.15. The number of benzene rings is 1. The zero-order valence-electron chi connectivity index (χ0n) is 10.3. The van der Waals surface area contributed by atoms with Crippen molar-refractivity contribution in [2.75, 3.05) is 5.73 Å². The molecule has 3 rings (SSSR count). The average molecular weight is 226 g/mol. The molecule has 2 heteroatoms. The molecule has 1 aromatic heterocycles. The van der Waals surface area contributed by atoms with Crippen molar-refractivity contribution in [3.05, 3.63) is 35.0 Å². The van der Waals surface area contributed by atoms with Crippen LogP contribution < -0.4 is 5.73 Å². The molecule has 0 saturated heterocycles. The van der Waals surface area contributed by atoms with Crippen LogP contribution in [0.15, 0.2) is 18.2 Å². The van der Waals surface area contributed by atoms with Crippen LogP contribution in [0.5, 0.6) is 0 Å². The molecule has 0 aliphatic heterocycles. The lowest BCUT2D eigenvalue weighted by Crippen LogP contribution is -1.99. The second-order valence-corrected chi connectivity index (χ2v) is 4.91. The SMILES string of the molecule is CCCc1ccc2nc3c(c(N)c2c1)CCC3. The molecule has 88 valence electrons. The van der Waals surface area contributed by atoms with Gasteiger partial charge in [0.25, 0.3) is 0 Å². The number of nitrogens with two attached hydrogens (primary N) is 1. The van der Waals surface area contributed by atoms with Gasteiger partial charge in [-0.3, -0.25) is 4.98 Å². The molecule has 0 amide bonds. The summed E-state index contributed by atoms with van der Waals surface area (Å²) in [6.07, 6.45) is 5.68. The van der Waals surface area contributed by atoms with Gasteiger partial charge in [-0.25, -0.2) is 0 Å². The van der Waals surface area contributed by atoms with Crippen LogP contribution in [0.2, 0.25) is 0 Å². The number of aryl methyl sites for hydroxylation is 2. The highest BCUT2D eigenvalue weighted by Crippen LogP contribution is 2.32. The molecule has 2 nitrogen and oxygen atoms in total. The van der Waals surface area contributed by atoms with E-state index < -0.39 is 0 Å². The third-order valence-corrected chi connectivity index (χ3v) is 3.66. The lowest BCUT2D eigenvalue weighted by Gasteiger charge is -2.09. The first-order valence-corrected chi connectivity index (χ1v) is 6.49. The lowest BCUT2D eigenvalue weighted by molar-refractivity contribution is 0.901. The van der Waals surface area contributed by atoms with E-state index in [1.165, 1.54) is 29.7 Å². The first-order chi connectivity index (χ1) is 8.29. The Balaban J connectivity index is 2.22. The molecule has 0 fully saturated rings. The number of aromatic nitrogens is 1. The van der Waals surface area contributed by atoms with Gasteiger partial charge < -0.3 is 5.73 Å². The van der Waals surface area contributed by atoms with E-state index in [1.807, 2.05) is 0 Å². The van der Waals surface area contributed by atoms with Crippen LogP contribution in [-0.4, -0.2) is 4.98 Å². The number of fused-ring (bicyclic) bond motifs is 2. The Bertz CT molecular complexity index is 573. The molecule has 0 bridgehead atoms. The van der Waals surface area contributed by atoms with Gasteiger partial charge in [0.2, 0.25) is 0 Å². The van der Waals surface area contributed by atoms with Crippen molar-refractivity contribution in [2.45, 2.75) is 39.0 Å². The van der Waals surface area contributed by atoms with E-state index in [1.54, 1.807) is 0 Å². The molecule has 2 N–H and O–H groups in total. The summed E-state index contributed by atoms with van der Waals surface area (Å²) in [7, 11) is 0. The summed E-state index contributed by atoms with van der Waals surface area (Å²) in [5.41, 5.74) is 12.2. The Morgan fingerprint density at radius 3 is 3.00 bits per heavy atom. The molecule has 1 heterocycles. The minimum Gasteiger partial charge on any atom is -0.398 e. The predicted molar refractivity (Wildman–Crippen MR) is 72.2 cm³/mol. The molecule has 1 aromatic carbocycles. The largest absolute Gasteiger partial charge is 0.398 e. The topological polar surface area (TPSA) is 38.9 Å². The monoisotopic (exact) mass is 226 g/mol. The predicted octanol–water partition coefficient (Wildman–Crippen LogP) is 3.26. The van der Waals surface area contributed by atoms with Gasteiger partial charge in [0.05, 0.1) is 5.52 Å². The van der Waals surface area contributed by atoms with Crippen LogP contribution >= 0.6 is 0 Å². The number of hydrogen-bond acceptors (Lipinski definition) is 2. The standard InChI is InChI=1S/C15H18N2/c1-2-4-10-7-8-14-12(9-10)15(16)11-5-3-6-13(11)17-14/h7-9H,2-6H2,1H3,(H2,16,17). The smallest absolute Gasteiger partial charge is 0.0726 e. The third-order valence-electron chi connectivity index (χ3n) is 3.66. The number of rotatable bonds is 2. The maximum absolute atomic E-state index is 6.30. The highest BCUT2D eigenvalue weighted by atomic mass is 14.7. The maximum atomic E-state index is 6.30. The summed E-state index contributed by atoms with van der Waals surface area (Å²) in [4.78, 5) is 4.74. The van der Waals surface area contributed by atoms with Crippen molar-refractivity contribution in [1.82, 2.24) is 4.98 Å². The molecule has 1 aliphatic carbocycles. The zero-order valence-corrected chi connectivity index (χ0v) is 10.3. The number of hydrogen-bond donors (Lipinski definition) is 1. The fourth-order valence-electron chi connectivity index (χ4n) is 2.79. The van der Waals surface area contributed by atoms with Gasteiger partial charge >= 0.3 is 0 Å². The van der Waals surface area contributed by atoms with Gasteiger partial charge in [0.15, 0.2) is 0 Å². The van der Waals surface area contributed by atoms with E-state index >= 15 is 0 Å². The van der Waals surface area contributed by atoms with E-state index in [2.05, 4.69) is 25.1 Å². The highest BCUT2D eigenvalue weighted by Gasteiger charge is 2.17. The number of nitrogen functional groups attached to an aromatic ring is 1. The van der Waals surface area contributed by atoms with Gasteiger partial charge in [0.1, 0.15) is 0 Å². The Hall–Kier alpha value is -1.57. The van der Waals surface area contributed by atoms with Gasteiger partial charge in [-0.2, -0.15) is 0 Å². The Labute approximate surface area is 102 Å². The minimum absolute atomic E-state index is 0.973. The van der Waals surface area contributed by atoms with Crippen molar-refractivity contribution < 1.29 is 0 Å². The first-order valence-electron chi connectivity index (χ1n) is 6.49. The Kier molecular flexibility index (Phi) is 2.50. The van der Waals surface area contributed by atoms with Crippen molar-refractivity contribution in [2.24, 2.45) is 0 Å². The van der Waals surface area contributed by atoms with Crippen LogP contribution in [0.25, 0.3) is 10.9 Å². The Morgan fingerprint density at radius 1 is 1.29 bits per heavy atom. The Morgan fingerprint density at radius 2 is 2.18 bits per heavy atom. The zero-order chi connectivity index (χ0) is 11.8. The molecule has 0 unspecified atom stereocenters. The fourth-order valence-corrected chi connectivity index (χ4v) is 2.79. The van der Waals surface area contributed by atoms with E-state index in [0.29, 0.717) is 0 Å². The molecule has 2 aromatic rings. The van der Waals surface area contributed by atoms with Gasteiger partial charge in [0, 0.05) is 16.8 Å². The lowest BCUT2D eigenvalue weighted by atomic mass is 10.0. The molecule has 0 atom stereocenters. The summed E-state index contributed by atoms with van der Waals surface area (Å²) < 4.78 is 0. The second kappa shape index (κ2) is 4.02. The van der Waals surface area contributed by atoms with Crippen molar-refractivity contribution in [3.8, 4) is 0 Å². The number of anilines is 1.